The van der Waals surface area contributed by atoms with E-state index in [4.69, 9.17) is 56.8 Å². The van der Waals surface area contributed by atoms with E-state index in [0.717, 1.165) is 0 Å². The van der Waals surface area contributed by atoms with Gasteiger partial charge in [0.1, 0.15) is 0 Å². The van der Waals surface area contributed by atoms with E-state index in [1.165, 1.54) is 0 Å². The van der Waals surface area contributed by atoms with Crippen molar-refractivity contribution in [2.75, 3.05) is 145 Å². The van der Waals surface area contributed by atoms with Gasteiger partial charge in [0.25, 0.3) is 0 Å². The second-order valence-electron chi connectivity index (χ2n) is 8.23. The van der Waals surface area contributed by atoms with Crippen LogP contribution in [-0.2, 0) is 66.4 Å². The Morgan fingerprint density at radius 1 is 0.310 bits per heavy atom. The van der Waals surface area contributed by atoms with Gasteiger partial charge in [-0.3, -0.25) is 9.59 Å². The van der Waals surface area contributed by atoms with Crippen molar-refractivity contribution in [3.63, 3.8) is 0 Å². The van der Waals surface area contributed by atoms with Crippen LogP contribution in [0.4, 0.5) is 0 Å². The zero-order valence-electron chi connectivity index (χ0n) is 25.7. The van der Waals surface area contributed by atoms with Gasteiger partial charge in [0.15, 0.2) is 0 Å². The Balaban J connectivity index is 3.08. The van der Waals surface area contributed by atoms with Crippen molar-refractivity contribution in [2.24, 2.45) is 0 Å². The summed E-state index contributed by atoms with van der Waals surface area (Å²) < 4.78 is 63.6. The molecule has 0 fully saturated rings. The second-order valence-corrected chi connectivity index (χ2v) is 8.23. The normalized spacial score (nSPS) is 11.2. The van der Waals surface area contributed by atoms with Crippen LogP contribution >= 0.6 is 0 Å². The van der Waals surface area contributed by atoms with E-state index >= 15 is 0 Å². The van der Waals surface area contributed by atoms with Gasteiger partial charge in [-0.1, -0.05) is 0 Å². The highest BCUT2D eigenvalue weighted by Crippen LogP contribution is 1.90. The first-order valence-electron chi connectivity index (χ1n) is 14.8. The molecule has 0 amide bonds. The Bertz CT molecular complexity index is 519. The molecule has 250 valence electrons. The topological polar surface area (TPSA) is 145 Å². The van der Waals surface area contributed by atoms with Crippen LogP contribution in [0.1, 0.15) is 26.7 Å². The third kappa shape index (κ3) is 34.7. The predicted molar refractivity (Wildman–Crippen MR) is 151 cm³/mol. The lowest BCUT2D eigenvalue weighted by atomic mass is 10.5. The van der Waals surface area contributed by atoms with Crippen molar-refractivity contribution in [3.05, 3.63) is 0 Å². The summed E-state index contributed by atoms with van der Waals surface area (Å²) in [4.78, 5) is 22.3. The van der Waals surface area contributed by atoms with Crippen molar-refractivity contribution >= 4 is 11.9 Å². The van der Waals surface area contributed by atoms with Crippen LogP contribution in [0.2, 0.25) is 0 Å². The predicted octanol–water partition coefficient (Wildman–Crippen LogP) is 1.06. The third-order valence-electron chi connectivity index (χ3n) is 4.86. The monoisotopic (exact) mass is 614 g/mol. The Labute approximate surface area is 250 Å². The minimum Gasteiger partial charge on any atom is -0.466 e. The lowest BCUT2D eigenvalue weighted by molar-refractivity contribution is -0.145. The maximum atomic E-state index is 11.1. The van der Waals surface area contributed by atoms with E-state index in [2.05, 4.69) is 0 Å². The van der Waals surface area contributed by atoms with Crippen LogP contribution in [0, 0.1) is 0 Å². The van der Waals surface area contributed by atoms with E-state index in [-0.39, 0.29) is 24.8 Å². The molecular weight excluding hydrogens is 560 g/mol. The molecule has 0 bridgehead atoms. The van der Waals surface area contributed by atoms with Gasteiger partial charge in [0.05, 0.1) is 158 Å². The summed E-state index contributed by atoms with van der Waals surface area (Å²) in [7, 11) is 0. The first-order valence-corrected chi connectivity index (χ1v) is 14.8. The van der Waals surface area contributed by atoms with Crippen molar-refractivity contribution in [1.82, 2.24) is 0 Å². The van der Waals surface area contributed by atoms with E-state index in [9.17, 15) is 9.59 Å². The fourth-order valence-electron chi connectivity index (χ4n) is 2.86. The molecule has 0 heterocycles. The average molecular weight is 615 g/mol. The molecule has 0 aliphatic carbocycles. The molecule has 0 rings (SSSR count). The molecule has 0 aliphatic heterocycles. The summed E-state index contributed by atoms with van der Waals surface area (Å²) >= 11 is 0. The molecule has 0 radical (unpaired) electrons. The minimum atomic E-state index is -0.254. The number of rotatable bonds is 35. The van der Waals surface area contributed by atoms with Crippen LogP contribution in [0.5, 0.6) is 0 Å². The molecule has 0 unspecified atom stereocenters. The SMILES string of the molecule is CCOC(=O)CCOCCOCCOCCOCCOCCOCCOCCOCCOCCOCCC(=O)OCC. The van der Waals surface area contributed by atoms with E-state index in [1.54, 1.807) is 13.8 Å². The molecule has 0 saturated heterocycles. The molecule has 0 aromatic heterocycles. The fraction of sp³-hybridized carbons (Fsp3) is 0.929. The lowest BCUT2D eigenvalue weighted by Gasteiger charge is -2.09. The van der Waals surface area contributed by atoms with Gasteiger partial charge in [-0.05, 0) is 13.8 Å². The maximum Gasteiger partial charge on any atom is 0.308 e. The highest BCUT2D eigenvalue weighted by Gasteiger charge is 2.02. The van der Waals surface area contributed by atoms with E-state index in [0.29, 0.717) is 145 Å². The van der Waals surface area contributed by atoms with Crippen LogP contribution < -0.4 is 0 Å². The van der Waals surface area contributed by atoms with Gasteiger partial charge < -0.3 is 56.8 Å². The quantitative estimate of drug-likeness (QED) is 0.0741. The molecule has 0 saturated carbocycles. The van der Waals surface area contributed by atoms with Gasteiger partial charge in [-0.25, -0.2) is 0 Å². The molecule has 0 aromatic carbocycles. The first-order chi connectivity index (χ1) is 20.7. The van der Waals surface area contributed by atoms with Gasteiger partial charge in [0, 0.05) is 0 Å². The van der Waals surface area contributed by atoms with Crippen LogP contribution in [-0.4, -0.2) is 157 Å². The van der Waals surface area contributed by atoms with Gasteiger partial charge in [0.2, 0.25) is 0 Å². The van der Waals surface area contributed by atoms with Crippen molar-refractivity contribution in [2.45, 2.75) is 26.7 Å². The highest BCUT2D eigenvalue weighted by molar-refractivity contribution is 5.69. The summed E-state index contributed by atoms with van der Waals surface area (Å²) in [5, 5.41) is 0. The number of hydrogen-bond acceptors (Lipinski definition) is 14. The molecule has 0 atom stereocenters. The summed E-state index contributed by atoms with van der Waals surface area (Å²) in [6.07, 6.45) is 0.507. The summed E-state index contributed by atoms with van der Waals surface area (Å²) in [6, 6.07) is 0. The first kappa shape index (κ1) is 40.5. The average Bonchev–Trinajstić information content (AvgIpc) is 2.98. The molecule has 0 N–H and O–H groups in total. The van der Waals surface area contributed by atoms with Crippen LogP contribution in [0.15, 0.2) is 0 Å². The number of hydrogen-bond donors (Lipinski definition) is 0. The van der Waals surface area contributed by atoms with E-state index in [1.807, 2.05) is 0 Å². The Morgan fingerprint density at radius 2 is 0.476 bits per heavy atom. The van der Waals surface area contributed by atoms with Gasteiger partial charge in [-0.2, -0.15) is 0 Å². The summed E-state index contributed by atoms with van der Waals surface area (Å²) in [6.45, 7) is 13.5. The van der Waals surface area contributed by atoms with Gasteiger partial charge >= 0.3 is 11.9 Å². The Hall–Kier alpha value is -1.46. The lowest BCUT2D eigenvalue weighted by Crippen LogP contribution is -2.15. The molecule has 42 heavy (non-hydrogen) atoms. The Morgan fingerprint density at radius 3 is 0.643 bits per heavy atom. The maximum absolute atomic E-state index is 11.1. The van der Waals surface area contributed by atoms with Crippen molar-refractivity contribution in [1.29, 1.82) is 0 Å². The number of carbonyl (C=O) groups excluding carboxylic acids is 2. The summed E-state index contributed by atoms with van der Waals surface area (Å²) in [5.41, 5.74) is 0. The fourth-order valence-corrected chi connectivity index (χ4v) is 2.86. The van der Waals surface area contributed by atoms with Crippen molar-refractivity contribution in [3.8, 4) is 0 Å². The molecule has 14 heteroatoms. The zero-order chi connectivity index (χ0) is 30.6. The molecule has 0 aromatic rings. The minimum absolute atomic E-state index is 0.254. The standard InChI is InChI=1S/C28H54O14/c1-3-41-27(29)5-7-31-9-11-33-13-15-35-17-19-37-21-23-39-25-26-40-24-22-38-20-18-36-16-14-34-12-10-32-8-6-28(30)42-4-2/h3-26H2,1-2H3. The highest BCUT2D eigenvalue weighted by atomic mass is 16.6. The number of esters is 2. The number of carbonyl (C=O) groups is 2. The largest absolute Gasteiger partial charge is 0.466 e. The van der Waals surface area contributed by atoms with E-state index < -0.39 is 0 Å². The Kier molecular flexibility index (Phi) is 34.5. The molecule has 0 spiro atoms. The van der Waals surface area contributed by atoms with Crippen LogP contribution in [0.25, 0.3) is 0 Å². The zero-order valence-corrected chi connectivity index (χ0v) is 25.7. The summed E-state index contributed by atoms with van der Waals surface area (Å²) in [5.74, 6) is -0.507. The molecular formula is C28H54O14. The second kappa shape index (κ2) is 35.7. The van der Waals surface area contributed by atoms with Crippen molar-refractivity contribution < 1.29 is 66.4 Å². The smallest absolute Gasteiger partial charge is 0.308 e. The number of ether oxygens (including phenoxy) is 12. The van der Waals surface area contributed by atoms with Gasteiger partial charge in [-0.15, -0.1) is 0 Å². The third-order valence-corrected chi connectivity index (χ3v) is 4.86. The molecule has 0 aliphatic rings. The van der Waals surface area contributed by atoms with Crippen LogP contribution in [0.3, 0.4) is 0 Å². The molecule has 14 nitrogen and oxygen atoms in total.